The van der Waals surface area contributed by atoms with Gasteiger partial charge in [-0.25, -0.2) is 4.39 Å². The molecule has 1 N–H and O–H groups in total. The summed E-state index contributed by atoms with van der Waals surface area (Å²) >= 11 is 0. The molecule has 0 unspecified atom stereocenters. The van der Waals surface area contributed by atoms with Crippen molar-refractivity contribution in [2.45, 2.75) is 39.3 Å². The zero-order chi connectivity index (χ0) is 12.4. The Morgan fingerprint density at radius 2 is 2.12 bits per heavy atom. The van der Waals surface area contributed by atoms with Crippen molar-refractivity contribution in [1.82, 2.24) is 0 Å². The summed E-state index contributed by atoms with van der Waals surface area (Å²) in [6.45, 7) is 4.92. The molecule has 1 aromatic carbocycles. The molecule has 1 aliphatic rings. The summed E-state index contributed by atoms with van der Waals surface area (Å²) in [6, 6.07) is 5.16. The molecule has 17 heavy (non-hydrogen) atoms. The van der Waals surface area contributed by atoms with Crippen LogP contribution in [0.1, 0.15) is 32.3 Å². The van der Waals surface area contributed by atoms with Crippen molar-refractivity contribution in [3.63, 3.8) is 0 Å². The first-order valence-corrected chi connectivity index (χ1v) is 6.28. The van der Waals surface area contributed by atoms with Gasteiger partial charge in [0.05, 0.1) is 12.3 Å². The highest BCUT2D eigenvalue weighted by Gasteiger charge is 2.27. The van der Waals surface area contributed by atoms with E-state index in [0.29, 0.717) is 17.2 Å². The van der Waals surface area contributed by atoms with Crippen molar-refractivity contribution in [2.75, 3.05) is 11.4 Å². The lowest BCUT2D eigenvalue weighted by molar-refractivity contribution is 0.281. The van der Waals surface area contributed by atoms with E-state index in [1.54, 1.807) is 12.1 Å². The zero-order valence-electron chi connectivity index (χ0n) is 10.5. The topological polar surface area (TPSA) is 23.5 Å². The number of hydrogen-bond donors (Lipinski definition) is 1. The fourth-order valence-corrected chi connectivity index (χ4v) is 2.15. The monoisotopic (exact) mass is 237 g/mol. The van der Waals surface area contributed by atoms with Gasteiger partial charge in [-0.15, -0.1) is 0 Å². The van der Waals surface area contributed by atoms with Crippen LogP contribution in [0.15, 0.2) is 18.2 Å². The molecule has 2 rings (SSSR count). The van der Waals surface area contributed by atoms with Crippen molar-refractivity contribution in [3.05, 3.63) is 29.6 Å². The number of rotatable bonds is 5. The standard InChI is InChI=1S/C14H20FNO/c1-10(2)16(8-11-6-7-11)14-12(9-17)4-3-5-13(14)15/h3-5,10-11,17H,6-9H2,1-2H3. The van der Waals surface area contributed by atoms with Crippen LogP contribution in [0.25, 0.3) is 0 Å². The van der Waals surface area contributed by atoms with E-state index in [2.05, 4.69) is 18.7 Å². The Morgan fingerprint density at radius 1 is 1.41 bits per heavy atom. The molecular formula is C14H20FNO. The maximum Gasteiger partial charge on any atom is 0.146 e. The van der Waals surface area contributed by atoms with Crippen LogP contribution in [0.2, 0.25) is 0 Å². The van der Waals surface area contributed by atoms with Gasteiger partial charge in [0.25, 0.3) is 0 Å². The molecule has 1 aromatic rings. The average molecular weight is 237 g/mol. The molecule has 0 heterocycles. The summed E-state index contributed by atoms with van der Waals surface area (Å²) in [5.41, 5.74) is 1.26. The van der Waals surface area contributed by atoms with E-state index in [1.165, 1.54) is 18.9 Å². The normalized spacial score (nSPS) is 15.4. The molecule has 2 nitrogen and oxygen atoms in total. The summed E-state index contributed by atoms with van der Waals surface area (Å²) in [5.74, 6) is 0.467. The van der Waals surface area contributed by atoms with Crippen LogP contribution in [0.4, 0.5) is 10.1 Å². The van der Waals surface area contributed by atoms with Gasteiger partial charge in [-0.05, 0) is 38.7 Å². The molecule has 1 saturated carbocycles. The molecular weight excluding hydrogens is 217 g/mol. The van der Waals surface area contributed by atoms with Crippen LogP contribution >= 0.6 is 0 Å². The first kappa shape index (κ1) is 12.4. The van der Waals surface area contributed by atoms with Crippen LogP contribution < -0.4 is 4.90 Å². The lowest BCUT2D eigenvalue weighted by Crippen LogP contribution is -2.34. The van der Waals surface area contributed by atoms with E-state index < -0.39 is 0 Å². The Hall–Kier alpha value is -1.09. The first-order chi connectivity index (χ1) is 8.13. The van der Waals surface area contributed by atoms with E-state index in [0.717, 1.165) is 6.54 Å². The zero-order valence-corrected chi connectivity index (χ0v) is 10.5. The third-order valence-corrected chi connectivity index (χ3v) is 3.30. The van der Waals surface area contributed by atoms with Crippen molar-refractivity contribution >= 4 is 5.69 Å². The largest absolute Gasteiger partial charge is 0.392 e. The van der Waals surface area contributed by atoms with Crippen molar-refractivity contribution < 1.29 is 9.50 Å². The third kappa shape index (κ3) is 2.78. The first-order valence-electron chi connectivity index (χ1n) is 6.28. The highest BCUT2D eigenvalue weighted by Crippen LogP contribution is 2.34. The Kier molecular flexibility index (Phi) is 3.67. The van der Waals surface area contributed by atoms with Gasteiger partial charge in [-0.3, -0.25) is 0 Å². The molecule has 1 fully saturated rings. The van der Waals surface area contributed by atoms with Gasteiger partial charge in [0.2, 0.25) is 0 Å². The number of benzene rings is 1. The van der Waals surface area contributed by atoms with E-state index in [-0.39, 0.29) is 18.5 Å². The van der Waals surface area contributed by atoms with Crippen molar-refractivity contribution in [3.8, 4) is 0 Å². The minimum atomic E-state index is -0.231. The van der Waals surface area contributed by atoms with Gasteiger partial charge in [-0.2, -0.15) is 0 Å². The minimum absolute atomic E-state index is 0.110. The molecule has 0 aromatic heterocycles. The molecule has 0 atom stereocenters. The number of nitrogens with zero attached hydrogens (tertiary/aromatic N) is 1. The highest BCUT2D eigenvalue weighted by molar-refractivity contribution is 5.55. The number of halogens is 1. The van der Waals surface area contributed by atoms with Gasteiger partial charge < -0.3 is 10.0 Å². The molecule has 3 heteroatoms. The van der Waals surface area contributed by atoms with Crippen LogP contribution in [-0.4, -0.2) is 17.7 Å². The minimum Gasteiger partial charge on any atom is -0.392 e. The summed E-state index contributed by atoms with van der Waals surface area (Å²) < 4.78 is 14.0. The van der Waals surface area contributed by atoms with E-state index in [1.807, 2.05) is 0 Å². The number of anilines is 1. The molecule has 0 spiro atoms. The summed E-state index contributed by atoms with van der Waals surface area (Å²) in [4.78, 5) is 2.08. The number of aliphatic hydroxyl groups excluding tert-OH is 1. The van der Waals surface area contributed by atoms with Gasteiger partial charge in [-0.1, -0.05) is 12.1 Å². The fourth-order valence-electron chi connectivity index (χ4n) is 2.15. The molecule has 1 aliphatic carbocycles. The third-order valence-electron chi connectivity index (χ3n) is 3.30. The second-order valence-corrected chi connectivity index (χ2v) is 5.10. The van der Waals surface area contributed by atoms with Crippen LogP contribution in [0.3, 0.4) is 0 Å². The Morgan fingerprint density at radius 3 is 2.65 bits per heavy atom. The second kappa shape index (κ2) is 5.05. The van der Waals surface area contributed by atoms with Gasteiger partial charge in [0.1, 0.15) is 5.82 Å². The predicted molar refractivity (Wildman–Crippen MR) is 67.5 cm³/mol. The van der Waals surface area contributed by atoms with Crippen LogP contribution in [0, 0.1) is 11.7 Å². The number of hydrogen-bond acceptors (Lipinski definition) is 2. The quantitative estimate of drug-likeness (QED) is 0.851. The number of para-hydroxylation sites is 1. The molecule has 0 radical (unpaired) electrons. The Balaban J connectivity index is 2.32. The lowest BCUT2D eigenvalue weighted by atomic mass is 10.1. The molecule has 0 saturated heterocycles. The fraction of sp³-hybridized carbons (Fsp3) is 0.571. The van der Waals surface area contributed by atoms with Gasteiger partial charge in [0.15, 0.2) is 0 Å². The van der Waals surface area contributed by atoms with Crippen molar-refractivity contribution in [2.24, 2.45) is 5.92 Å². The summed E-state index contributed by atoms with van der Waals surface area (Å²) in [7, 11) is 0. The molecule has 0 aliphatic heterocycles. The predicted octanol–water partition coefficient (Wildman–Crippen LogP) is 2.94. The van der Waals surface area contributed by atoms with E-state index >= 15 is 0 Å². The average Bonchev–Trinajstić information content (AvgIpc) is 3.09. The SMILES string of the molecule is CC(C)N(CC1CC1)c1c(F)cccc1CO. The maximum absolute atomic E-state index is 14.0. The Labute approximate surface area is 102 Å². The highest BCUT2D eigenvalue weighted by atomic mass is 19.1. The molecule has 0 amide bonds. The molecule has 94 valence electrons. The van der Waals surface area contributed by atoms with Crippen LogP contribution in [-0.2, 0) is 6.61 Å². The second-order valence-electron chi connectivity index (χ2n) is 5.10. The maximum atomic E-state index is 14.0. The number of aliphatic hydroxyl groups is 1. The van der Waals surface area contributed by atoms with Gasteiger partial charge >= 0.3 is 0 Å². The lowest BCUT2D eigenvalue weighted by Gasteiger charge is -2.31. The van der Waals surface area contributed by atoms with E-state index in [4.69, 9.17) is 0 Å². The summed E-state index contributed by atoms with van der Waals surface area (Å²) in [6.07, 6.45) is 2.48. The van der Waals surface area contributed by atoms with Crippen LogP contribution in [0.5, 0.6) is 0 Å². The Bertz CT molecular complexity index is 388. The smallest absolute Gasteiger partial charge is 0.146 e. The van der Waals surface area contributed by atoms with Crippen molar-refractivity contribution in [1.29, 1.82) is 0 Å². The van der Waals surface area contributed by atoms with E-state index in [9.17, 15) is 9.50 Å². The van der Waals surface area contributed by atoms with Gasteiger partial charge in [0, 0.05) is 18.2 Å². The molecule has 0 bridgehead atoms. The summed E-state index contributed by atoms with van der Waals surface area (Å²) in [5, 5.41) is 9.33.